The molecule has 0 bridgehead atoms. The second-order valence-corrected chi connectivity index (χ2v) is 1.50. The Hall–Kier alpha value is -1.65. The molecule has 1 aromatic heterocycles. The van der Waals surface area contributed by atoms with Crippen molar-refractivity contribution < 1.29 is 5.21 Å². The van der Waals surface area contributed by atoms with Crippen molar-refractivity contribution in [3.05, 3.63) is 24.3 Å². The summed E-state index contributed by atoms with van der Waals surface area (Å²) in [5.41, 5.74) is 5.40. The molecule has 0 aliphatic rings. The van der Waals surface area contributed by atoms with Gasteiger partial charge in [-0.3, -0.25) is 4.98 Å². The normalized spacial score (nSPS) is 11.4. The lowest BCUT2D eigenvalue weighted by Gasteiger charge is -2.01. The van der Waals surface area contributed by atoms with E-state index >= 15 is 0 Å². The van der Waals surface area contributed by atoms with E-state index in [2.05, 4.69) is 21.3 Å². The summed E-state index contributed by atoms with van der Waals surface area (Å²) < 4.78 is 0. The molecule has 0 atom stereocenters. The minimum Gasteiger partial charge on any atom is -0.430 e. The average molecular weight is 137 g/mol. The van der Waals surface area contributed by atoms with Gasteiger partial charge in [0.25, 0.3) is 0 Å². The summed E-state index contributed by atoms with van der Waals surface area (Å²) in [6, 6.07) is 0. The molecule has 5 nitrogen and oxygen atoms in total. The molecule has 0 aliphatic heterocycles. The summed E-state index contributed by atoms with van der Waals surface area (Å²) in [6.45, 7) is 0. The topological polar surface area (TPSA) is 84.4 Å². The van der Waals surface area contributed by atoms with Crippen molar-refractivity contribution in [1.29, 1.82) is 0 Å². The third kappa shape index (κ3) is 1.19. The van der Waals surface area contributed by atoms with E-state index in [-0.39, 0.29) is 11.5 Å². The van der Waals surface area contributed by atoms with E-state index in [0.29, 0.717) is 0 Å². The first-order valence-corrected chi connectivity index (χ1v) is 2.51. The average Bonchev–Trinajstić information content (AvgIpc) is 2.05. The molecule has 52 valence electrons. The highest BCUT2D eigenvalue weighted by Crippen LogP contribution is 1.85. The van der Waals surface area contributed by atoms with Crippen LogP contribution in [-0.2, 0) is 0 Å². The molecular formula is C5H5N4O-. The van der Waals surface area contributed by atoms with Gasteiger partial charge >= 0.3 is 0 Å². The van der Waals surface area contributed by atoms with E-state index in [0.717, 1.165) is 0 Å². The van der Waals surface area contributed by atoms with Crippen molar-refractivity contribution in [3.63, 3.8) is 0 Å². The zero-order chi connectivity index (χ0) is 7.40. The van der Waals surface area contributed by atoms with Gasteiger partial charge in [0.1, 0.15) is 0 Å². The van der Waals surface area contributed by atoms with Crippen molar-refractivity contribution in [1.82, 2.24) is 9.97 Å². The predicted molar refractivity (Wildman–Crippen MR) is 33.4 cm³/mol. The number of hydrogen-bond donors (Lipinski definition) is 2. The Bertz CT molecular complexity index is 233. The van der Waals surface area contributed by atoms with E-state index in [1.54, 1.807) is 0 Å². The number of nitrogens with two attached hydrogens (primary N) is 1. The van der Waals surface area contributed by atoms with Crippen molar-refractivity contribution in [2.24, 2.45) is 10.9 Å². The second-order valence-electron chi connectivity index (χ2n) is 1.50. The summed E-state index contributed by atoms with van der Waals surface area (Å²) in [4.78, 5) is 7.31. The zero-order valence-electron chi connectivity index (χ0n) is 5.02. The van der Waals surface area contributed by atoms with Crippen LogP contribution in [0, 0.1) is 6.20 Å². The summed E-state index contributed by atoms with van der Waals surface area (Å²) in [5.74, 6) is -0.0897. The largest absolute Gasteiger partial charge is 0.430 e. The molecule has 0 spiro atoms. The smallest absolute Gasteiger partial charge is 0.0887 e. The van der Waals surface area contributed by atoms with Crippen molar-refractivity contribution in [2.75, 3.05) is 0 Å². The van der Waals surface area contributed by atoms with Crippen LogP contribution in [0.2, 0.25) is 0 Å². The Morgan fingerprint density at radius 1 is 1.70 bits per heavy atom. The SMILES string of the molecule is N/C(=N\O)c1[c-]nccn1. The minimum absolute atomic E-state index is 0.0897. The fourth-order valence-electron chi connectivity index (χ4n) is 0.439. The standard InChI is InChI=1S/C5H5N4O/c6-5(9-10)4-3-7-1-2-8-4/h1-2,10H,(H2,6,9)/q-1. The minimum atomic E-state index is -0.0897. The van der Waals surface area contributed by atoms with Gasteiger partial charge < -0.3 is 15.9 Å². The summed E-state index contributed by atoms with van der Waals surface area (Å²) in [7, 11) is 0. The maximum Gasteiger partial charge on any atom is 0.0887 e. The van der Waals surface area contributed by atoms with Crippen LogP contribution in [0.15, 0.2) is 17.5 Å². The number of aromatic nitrogens is 2. The van der Waals surface area contributed by atoms with Crippen LogP contribution in [0.5, 0.6) is 0 Å². The summed E-state index contributed by atoms with van der Waals surface area (Å²) in [5, 5.41) is 10.9. The Morgan fingerprint density at radius 3 is 3.00 bits per heavy atom. The molecule has 0 saturated carbocycles. The number of rotatable bonds is 1. The number of hydrogen-bond acceptors (Lipinski definition) is 4. The molecule has 0 radical (unpaired) electrons. The zero-order valence-corrected chi connectivity index (χ0v) is 5.02. The maximum absolute atomic E-state index is 8.16. The van der Waals surface area contributed by atoms with Crippen LogP contribution in [-0.4, -0.2) is 21.0 Å². The maximum atomic E-state index is 8.16. The van der Waals surface area contributed by atoms with Gasteiger partial charge in [0.2, 0.25) is 0 Å². The van der Waals surface area contributed by atoms with Gasteiger partial charge in [-0.05, 0) is 6.20 Å². The van der Waals surface area contributed by atoms with Gasteiger partial charge in [-0.25, -0.2) is 0 Å². The molecule has 0 fully saturated rings. The Labute approximate surface area is 57.2 Å². The second kappa shape index (κ2) is 2.77. The van der Waals surface area contributed by atoms with Crippen molar-refractivity contribution >= 4 is 5.84 Å². The fourth-order valence-corrected chi connectivity index (χ4v) is 0.439. The highest BCUT2D eigenvalue weighted by atomic mass is 16.4. The number of amidine groups is 1. The highest BCUT2D eigenvalue weighted by Gasteiger charge is 1.87. The van der Waals surface area contributed by atoms with E-state index in [1.807, 2.05) is 0 Å². The van der Waals surface area contributed by atoms with E-state index in [4.69, 9.17) is 10.9 Å². The number of nitrogens with zero attached hydrogens (tertiary/aromatic N) is 3. The lowest BCUT2D eigenvalue weighted by molar-refractivity contribution is 0.318. The van der Waals surface area contributed by atoms with Crippen molar-refractivity contribution in [2.45, 2.75) is 0 Å². The molecule has 1 heterocycles. The molecule has 0 amide bonds. The molecule has 1 aromatic rings. The quantitative estimate of drug-likeness (QED) is 0.177. The molecule has 0 aliphatic carbocycles. The Balaban J connectivity index is 2.96. The molecule has 0 unspecified atom stereocenters. The Morgan fingerprint density at radius 2 is 2.50 bits per heavy atom. The van der Waals surface area contributed by atoms with Gasteiger partial charge in [0.05, 0.1) is 5.84 Å². The van der Waals surface area contributed by atoms with Gasteiger partial charge in [-0.1, -0.05) is 12.4 Å². The van der Waals surface area contributed by atoms with Gasteiger partial charge in [-0.2, -0.15) is 0 Å². The molecule has 5 heteroatoms. The highest BCUT2D eigenvalue weighted by molar-refractivity contribution is 5.94. The molecule has 0 saturated heterocycles. The molecule has 0 aromatic carbocycles. The van der Waals surface area contributed by atoms with Crippen LogP contribution >= 0.6 is 0 Å². The van der Waals surface area contributed by atoms with Crippen LogP contribution in [0.25, 0.3) is 0 Å². The first-order chi connectivity index (χ1) is 4.84. The van der Waals surface area contributed by atoms with E-state index in [1.165, 1.54) is 12.4 Å². The van der Waals surface area contributed by atoms with Crippen LogP contribution in [0.1, 0.15) is 5.69 Å². The Kier molecular flexibility index (Phi) is 1.79. The molecule has 3 N–H and O–H groups in total. The van der Waals surface area contributed by atoms with Gasteiger partial charge in [-0.15, -0.1) is 5.16 Å². The molecule has 10 heavy (non-hydrogen) atoms. The van der Waals surface area contributed by atoms with Crippen LogP contribution in [0.3, 0.4) is 0 Å². The number of oxime groups is 1. The van der Waals surface area contributed by atoms with Gasteiger partial charge in [0.15, 0.2) is 0 Å². The summed E-state index contributed by atoms with van der Waals surface area (Å²) in [6.07, 6.45) is 5.33. The molecular weight excluding hydrogens is 132 g/mol. The summed E-state index contributed by atoms with van der Waals surface area (Å²) >= 11 is 0. The van der Waals surface area contributed by atoms with E-state index < -0.39 is 0 Å². The third-order valence-electron chi connectivity index (χ3n) is 0.866. The molecule has 1 rings (SSSR count). The lowest BCUT2D eigenvalue weighted by atomic mass is 10.4. The monoisotopic (exact) mass is 137 g/mol. The third-order valence-corrected chi connectivity index (χ3v) is 0.866. The lowest BCUT2D eigenvalue weighted by Crippen LogP contribution is -2.15. The van der Waals surface area contributed by atoms with Crippen LogP contribution < -0.4 is 5.73 Å². The van der Waals surface area contributed by atoms with Crippen LogP contribution in [0.4, 0.5) is 0 Å². The first kappa shape index (κ1) is 6.47. The predicted octanol–water partition coefficient (Wildman–Crippen LogP) is -0.629. The van der Waals surface area contributed by atoms with E-state index in [9.17, 15) is 0 Å². The fraction of sp³-hybridized carbons (Fsp3) is 0. The van der Waals surface area contributed by atoms with Gasteiger partial charge in [0, 0.05) is 5.69 Å². The first-order valence-electron chi connectivity index (χ1n) is 2.51. The van der Waals surface area contributed by atoms with Crippen molar-refractivity contribution in [3.8, 4) is 0 Å².